The van der Waals surface area contributed by atoms with E-state index in [9.17, 15) is 13.6 Å². The molecule has 1 atom stereocenters. The number of alkyl halides is 2. The van der Waals surface area contributed by atoms with Gasteiger partial charge in [-0.3, -0.25) is 4.79 Å². The highest BCUT2D eigenvalue weighted by Crippen LogP contribution is 2.64. The summed E-state index contributed by atoms with van der Waals surface area (Å²) < 4.78 is 25.1. The molecule has 1 aliphatic rings. The maximum Gasteiger partial charge on any atom is 0.233 e. The molecule has 0 bridgehead atoms. The van der Waals surface area contributed by atoms with Crippen LogP contribution in [0.1, 0.15) is 13.3 Å². The Balaban J connectivity index is 2.18. The summed E-state index contributed by atoms with van der Waals surface area (Å²) in [5.41, 5.74) is -1.18. The number of hydrogen-bond donors (Lipinski definition) is 1. The van der Waals surface area contributed by atoms with Crippen LogP contribution >= 0.6 is 23.2 Å². The molecule has 1 aromatic rings. The summed E-state index contributed by atoms with van der Waals surface area (Å²) in [5.74, 6) is -2.64. The van der Waals surface area contributed by atoms with Crippen molar-refractivity contribution in [3.63, 3.8) is 0 Å². The summed E-state index contributed by atoms with van der Waals surface area (Å²) in [4.78, 5) is 11.8. The molecular formula is C11H9Cl2F2NO. The van der Waals surface area contributed by atoms with Crippen molar-refractivity contribution in [3.8, 4) is 0 Å². The Morgan fingerprint density at radius 3 is 2.53 bits per heavy atom. The second-order valence-electron chi connectivity index (χ2n) is 4.27. The monoisotopic (exact) mass is 279 g/mol. The molecule has 2 nitrogen and oxygen atoms in total. The largest absolute Gasteiger partial charge is 0.323 e. The number of carbonyl (C=O) groups excluding carboxylic acids is 1. The van der Waals surface area contributed by atoms with Gasteiger partial charge >= 0.3 is 0 Å². The SMILES string of the molecule is CC1(C(=O)Nc2cccc(F)c2F)CC1(Cl)Cl. The van der Waals surface area contributed by atoms with Gasteiger partial charge in [-0.1, -0.05) is 6.07 Å². The zero-order valence-corrected chi connectivity index (χ0v) is 10.4. The lowest BCUT2D eigenvalue weighted by Gasteiger charge is -2.13. The summed E-state index contributed by atoms with van der Waals surface area (Å²) in [6.07, 6.45) is 0.284. The van der Waals surface area contributed by atoms with E-state index in [0.717, 1.165) is 6.07 Å². The number of hydrogen-bond acceptors (Lipinski definition) is 1. The first-order valence-corrected chi connectivity index (χ1v) is 5.67. The molecule has 0 aliphatic heterocycles. The molecule has 0 radical (unpaired) electrons. The highest BCUT2D eigenvalue weighted by atomic mass is 35.5. The fraction of sp³-hybridized carbons (Fsp3) is 0.364. The van der Waals surface area contributed by atoms with Crippen molar-refractivity contribution in [2.24, 2.45) is 5.41 Å². The van der Waals surface area contributed by atoms with E-state index in [1.807, 2.05) is 0 Å². The van der Waals surface area contributed by atoms with Gasteiger partial charge in [-0.15, -0.1) is 23.2 Å². The van der Waals surface area contributed by atoms with E-state index in [0.29, 0.717) is 0 Å². The summed E-state index contributed by atoms with van der Waals surface area (Å²) in [6.45, 7) is 1.57. The first-order valence-electron chi connectivity index (χ1n) is 4.91. The van der Waals surface area contributed by atoms with E-state index in [1.54, 1.807) is 6.92 Å². The third kappa shape index (κ3) is 2.00. The van der Waals surface area contributed by atoms with Crippen molar-refractivity contribution < 1.29 is 13.6 Å². The minimum absolute atomic E-state index is 0.216. The molecule has 92 valence electrons. The first kappa shape index (κ1) is 12.6. The third-order valence-electron chi connectivity index (χ3n) is 2.96. The van der Waals surface area contributed by atoms with Crippen molar-refractivity contribution in [1.29, 1.82) is 0 Å². The number of benzene rings is 1. The van der Waals surface area contributed by atoms with E-state index in [4.69, 9.17) is 23.2 Å². The lowest BCUT2D eigenvalue weighted by molar-refractivity contribution is -0.120. The molecule has 1 amide bonds. The summed E-state index contributed by atoms with van der Waals surface area (Å²) in [7, 11) is 0. The smallest absolute Gasteiger partial charge is 0.233 e. The summed E-state index contributed by atoms with van der Waals surface area (Å²) in [5, 5.41) is 2.29. The van der Waals surface area contributed by atoms with Crippen LogP contribution in [0, 0.1) is 17.0 Å². The first-order chi connectivity index (χ1) is 7.78. The molecule has 17 heavy (non-hydrogen) atoms. The Hall–Kier alpha value is -0.870. The van der Waals surface area contributed by atoms with Crippen LogP contribution in [0.4, 0.5) is 14.5 Å². The van der Waals surface area contributed by atoms with E-state index in [-0.39, 0.29) is 12.1 Å². The highest BCUT2D eigenvalue weighted by Gasteiger charge is 2.67. The molecule has 6 heteroatoms. The van der Waals surface area contributed by atoms with Gasteiger partial charge in [0.05, 0.1) is 11.1 Å². The van der Waals surface area contributed by atoms with Gasteiger partial charge in [0.15, 0.2) is 11.6 Å². The number of rotatable bonds is 2. The van der Waals surface area contributed by atoms with Crippen LogP contribution < -0.4 is 5.32 Å². The standard InChI is InChI=1S/C11H9Cl2F2NO/c1-10(5-11(10,12)13)9(17)16-7-4-2-3-6(14)8(7)15/h2-4H,5H2,1H3,(H,16,17). The van der Waals surface area contributed by atoms with Gasteiger partial charge in [-0.05, 0) is 25.5 Å². The Kier molecular flexibility index (Phi) is 2.83. The number of nitrogens with one attached hydrogen (secondary N) is 1. The van der Waals surface area contributed by atoms with Gasteiger partial charge in [-0.25, -0.2) is 8.78 Å². The topological polar surface area (TPSA) is 29.1 Å². The molecular weight excluding hydrogens is 271 g/mol. The maximum atomic E-state index is 13.3. The van der Waals surface area contributed by atoms with Crippen molar-refractivity contribution in [3.05, 3.63) is 29.8 Å². The summed E-state index contributed by atoms with van der Waals surface area (Å²) in [6, 6.07) is 3.54. The van der Waals surface area contributed by atoms with Gasteiger partial charge in [-0.2, -0.15) is 0 Å². The molecule has 0 saturated heterocycles. The zero-order valence-electron chi connectivity index (χ0n) is 8.86. The predicted octanol–water partition coefficient (Wildman–Crippen LogP) is 3.49. The number of halogens is 4. The maximum absolute atomic E-state index is 13.3. The molecule has 2 rings (SSSR count). The molecule has 1 unspecified atom stereocenters. The Bertz CT molecular complexity index is 492. The summed E-state index contributed by atoms with van der Waals surface area (Å²) >= 11 is 11.6. The molecule has 1 fully saturated rings. The molecule has 1 aliphatic carbocycles. The van der Waals surface area contributed by atoms with Crippen LogP contribution in [0.3, 0.4) is 0 Å². The van der Waals surface area contributed by atoms with Crippen LogP contribution in [0.15, 0.2) is 18.2 Å². The van der Waals surface area contributed by atoms with Crippen LogP contribution in [0.25, 0.3) is 0 Å². The van der Waals surface area contributed by atoms with E-state index in [1.165, 1.54) is 12.1 Å². The molecule has 1 saturated carbocycles. The predicted molar refractivity (Wildman–Crippen MR) is 62.1 cm³/mol. The van der Waals surface area contributed by atoms with Gasteiger partial charge in [0, 0.05) is 0 Å². The lowest BCUT2D eigenvalue weighted by atomic mass is 10.1. The van der Waals surface area contributed by atoms with Crippen molar-refractivity contribution >= 4 is 34.8 Å². The van der Waals surface area contributed by atoms with Gasteiger partial charge in [0.25, 0.3) is 0 Å². The Labute approximate surface area is 107 Å². The lowest BCUT2D eigenvalue weighted by Crippen LogP contribution is -2.26. The van der Waals surface area contributed by atoms with Crippen LogP contribution in [-0.4, -0.2) is 10.2 Å². The zero-order chi connectivity index (χ0) is 12.8. The quantitative estimate of drug-likeness (QED) is 0.825. The Morgan fingerprint density at radius 1 is 1.41 bits per heavy atom. The minimum Gasteiger partial charge on any atom is -0.323 e. The normalized spacial score (nSPS) is 25.5. The average molecular weight is 280 g/mol. The van der Waals surface area contributed by atoms with Crippen molar-refractivity contribution in [2.75, 3.05) is 5.32 Å². The number of amides is 1. The van der Waals surface area contributed by atoms with Gasteiger partial charge in [0.1, 0.15) is 4.33 Å². The van der Waals surface area contributed by atoms with Crippen LogP contribution in [-0.2, 0) is 4.79 Å². The Morgan fingerprint density at radius 2 is 2.00 bits per heavy atom. The average Bonchev–Trinajstić information content (AvgIpc) is 2.75. The van der Waals surface area contributed by atoms with E-state index < -0.39 is 27.3 Å². The van der Waals surface area contributed by atoms with Gasteiger partial charge < -0.3 is 5.32 Å². The van der Waals surface area contributed by atoms with Crippen LogP contribution in [0.5, 0.6) is 0 Å². The second-order valence-corrected chi connectivity index (χ2v) is 5.75. The van der Waals surface area contributed by atoms with Gasteiger partial charge in [0.2, 0.25) is 5.91 Å². The third-order valence-corrected chi connectivity index (χ3v) is 4.06. The molecule has 1 N–H and O–H groups in total. The van der Waals surface area contributed by atoms with E-state index >= 15 is 0 Å². The van der Waals surface area contributed by atoms with Crippen LogP contribution in [0.2, 0.25) is 0 Å². The molecule has 1 aromatic carbocycles. The van der Waals surface area contributed by atoms with E-state index in [2.05, 4.69) is 5.32 Å². The fourth-order valence-corrected chi connectivity index (χ4v) is 2.21. The highest BCUT2D eigenvalue weighted by molar-refractivity contribution is 6.53. The molecule has 0 aromatic heterocycles. The van der Waals surface area contributed by atoms with Crippen molar-refractivity contribution in [1.82, 2.24) is 0 Å². The number of anilines is 1. The molecule has 0 spiro atoms. The second kappa shape index (κ2) is 3.82. The molecule has 0 heterocycles. The van der Waals surface area contributed by atoms with Crippen molar-refractivity contribution in [2.45, 2.75) is 17.7 Å². The number of carbonyl (C=O) groups is 1. The minimum atomic E-state index is -1.14. The fourth-order valence-electron chi connectivity index (χ4n) is 1.51.